The molecule has 0 aromatic rings. The van der Waals surface area contributed by atoms with Crippen LogP contribution in [-0.2, 0) is 14.3 Å². The van der Waals surface area contributed by atoms with E-state index in [1.165, 1.54) is 44.9 Å². The van der Waals surface area contributed by atoms with Gasteiger partial charge in [-0.1, -0.05) is 219 Å². The molecule has 58 heavy (non-hydrogen) atoms. The molecule has 0 saturated carbocycles. The number of amides is 1. The lowest BCUT2D eigenvalue weighted by Gasteiger charge is -2.24. The summed E-state index contributed by atoms with van der Waals surface area (Å²) in [6.45, 7) is 6.17. The van der Waals surface area contributed by atoms with Crippen LogP contribution in [0.4, 0.5) is 0 Å². The summed E-state index contributed by atoms with van der Waals surface area (Å²) in [5.41, 5.74) is 0. The lowest BCUT2D eigenvalue weighted by Crippen LogP contribution is -2.46. The van der Waals surface area contributed by atoms with Crippen LogP contribution in [0.15, 0.2) is 122 Å². The van der Waals surface area contributed by atoms with Gasteiger partial charge < -0.3 is 20.3 Å². The highest BCUT2D eigenvalue weighted by atomic mass is 16.5. The number of hydrogen-bond acceptors (Lipinski definition) is 5. The lowest BCUT2D eigenvalue weighted by molar-refractivity contribution is -0.151. The monoisotopic (exact) mass is 802 g/mol. The van der Waals surface area contributed by atoms with E-state index in [2.05, 4.69) is 56.5 Å². The summed E-state index contributed by atoms with van der Waals surface area (Å²) >= 11 is 0. The van der Waals surface area contributed by atoms with Crippen LogP contribution in [-0.4, -0.2) is 46.9 Å². The molecule has 0 aromatic carbocycles. The van der Waals surface area contributed by atoms with Gasteiger partial charge in [-0.25, -0.2) is 0 Å². The SMILES string of the molecule is CC/C=C/C=C/C=C\C=C/C=C/CCCC(=O)OC(CCCCC/C=C/C=C/C=C/C=C/C=C/CCC)CC(=O)NC(CO)C(O)CCCCCCCCCCCC. The van der Waals surface area contributed by atoms with E-state index in [4.69, 9.17) is 4.74 Å². The second kappa shape index (κ2) is 44.4. The molecule has 0 saturated heterocycles. The molecule has 0 aliphatic carbocycles. The van der Waals surface area contributed by atoms with E-state index in [0.29, 0.717) is 19.3 Å². The standard InChI is InChI=1S/C52H83NO5/c1-4-7-10-13-16-19-22-24-25-26-28-29-31-34-37-40-43-48(58-52(57)45-42-39-36-33-30-27-23-20-17-14-11-8-5-2)46-51(56)53-49(47-54)50(55)44-41-38-35-32-21-18-15-12-9-6-3/h8,10-11,13-14,16-17,19-20,22-30,33,36,48-50,54-55H,4-7,9,12,15,18,21,31-32,34-35,37-47H2,1-3H3,(H,53,56)/b11-8+,13-10+,17-14+,19-16+,23-20-,24-22+,26-25+,29-28+,30-27-,36-33+. The van der Waals surface area contributed by atoms with Gasteiger partial charge in [-0.2, -0.15) is 0 Å². The van der Waals surface area contributed by atoms with Crippen molar-refractivity contribution in [3.05, 3.63) is 122 Å². The minimum atomic E-state index is -0.818. The van der Waals surface area contributed by atoms with Gasteiger partial charge in [-0.3, -0.25) is 9.59 Å². The molecule has 0 aromatic heterocycles. The molecule has 1 amide bonds. The number of nitrogens with one attached hydrogen (secondary N) is 1. The van der Waals surface area contributed by atoms with Gasteiger partial charge in [0, 0.05) is 6.42 Å². The van der Waals surface area contributed by atoms with Crippen molar-refractivity contribution < 1.29 is 24.5 Å². The van der Waals surface area contributed by atoms with Crippen LogP contribution in [0, 0.1) is 0 Å². The van der Waals surface area contributed by atoms with Crippen molar-refractivity contribution in [3.8, 4) is 0 Å². The summed E-state index contributed by atoms with van der Waals surface area (Å²) in [5.74, 6) is -0.622. The normalized spacial score (nSPS) is 14.5. The molecule has 0 rings (SSSR count). The van der Waals surface area contributed by atoms with E-state index < -0.39 is 18.2 Å². The molecule has 0 spiro atoms. The number of carbonyl (C=O) groups excluding carboxylic acids is 2. The zero-order valence-corrected chi connectivity index (χ0v) is 36.9. The second-order valence-corrected chi connectivity index (χ2v) is 15.0. The minimum absolute atomic E-state index is 0.0118. The van der Waals surface area contributed by atoms with Crippen molar-refractivity contribution in [2.24, 2.45) is 0 Å². The van der Waals surface area contributed by atoms with Crippen LogP contribution in [0.5, 0.6) is 0 Å². The van der Waals surface area contributed by atoms with Crippen LogP contribution in [0.25, 0.3) is 0 Å². The minimum Gasteiger partial charge on any atom is -0.462 e. The molecule has 3 atom stereocenters. The number of allylic oxidation sites excluding steroid dienone is 20. The first-order valence-corrected chi connectivity index (χ1v) is 22.9. The Morgan fingerprint density at radius 1 is 0.517 bits per heavy atom. The van der Waals surface area contributed by atoms with Crippen molar-refractivity contribution in [3.63, 3.8) is 0 Å². The van der Waals surface area contributed by atoms with E-state index in [-0.39, 0.29) is 31.3 Å². The third kappa shape index (κ3) is 39.1. The first kappa shape index (κ1) is 54.3. The molecule has 326 valence electrons. The maximum atomic E-state index is 13.1. The number of aliphatic hydroxyl groups is 2. The Hall–Kier alpha value is -3.74. The number of rotatable bonds is 38. The Kier molecular flexibility index (Phi) is 41.5. The smallest absolute Gasteiger partial charge is 0.306 e. The highest BCUT2D eigenvalue weighted by molar-refractivity contribution is 5.77. The van der Waals surface area contributed by atoms with E-state index in [1.807, 2.05) is 91.1 Å². The maximum Gasteiger partial charge on any atom is 0.306 e. The third-order valence-electron chi connectivity index (χ3n) is 9.51. The number of hydrogen-bond donors (Lipinski definition) is 3. The highest BCUT2D eigenvalue weighted by Gasteiger charge is 2.24. The average Bonchev–Trinajstić information content (AvgIpc) is 3.22. The molecule has 3 unspecified atom stereocenters. The van der Waals surface area contributed by atoms with Crippen molar-refractivity contribution in [1.82, 2.24) is 5.32 Å². The van der Waals surface area contributed by atoms with E-state index >= 15 is 0 Å². The maximum absolute atomic E-state index is 13.1. The number of aliphatic hydroxyl groups excluding tert-OH is 2. The first-order chi connectivity index (χ1) is 28.5. The summed E-state index contributed by atoms with van der Waals surface area (Å²) < 4.78 is 5.85. The van der Waals surface area contributed by atoms with Gasteiger partial charge in [-0.15, -0.1) is 0 Å². The van der Waals surface area contributed by atoms with E-state index in [0.717, 1.165) is 70.6 Å². The molecule has 0 radical (unpaired) electrons. The number of esters is 1. The summed E-state index contributed by atoms with van der Waals surface area (Å²) in [5, 5.41) is 23.6. The fourth-order valence-corrected chi connectivity index (χ4v) is 6.08. The van der Waals surface area contributed by atoms with Gasteiger partial charge in [0.05, 0.1) is 25.2 Å². The summed E-state index contributed by atoms with van der Waals surface area (Å²) in [4.78, 5) is 26.0. The zero-order valence-electron chi connectivity index (χ0n) is 36.9. The Morgan fingerprint density at radius 2 is 0.966 bits per heavy atom. The Morgan fingerprint density at radius 3 is 1.48 bits per heavy atom. The van der Waals surface area contributed by atoms with Crippen LogP contribution >= 0.6 is 0 Å². The molecule has 0 bridgehead atoms. The molecule has 0 fully saturated rings. The predicted octanol–water partition coefficient (Wildman–Crippen LogP) is 13.3. The summed E-state index contributed by atoms with van der Waals surface area (Å²) in [6, 6.07) is -0.737. The Balaban J connectivity index is 4.88. The van der Waals surface area contributed by atoms with Gasteiger partial charge >= 0.3 is 5.97 Å². The van der Waals surface area contributed by atoms with Crippen LogP contribution in [0.3, 0.4) is 0 Å². The topological polar surface area (TPSA) is 95.9 Å². The lowest BCUT2D eigenvalue weighted by atomic mass is 10.0. The molecular formula is C52H83NO5. The predicted molar refractivity (Wildman–Crippen MR) is 250 cm³/mol. The number of carbonyl (C=O) groups is 2. The molecular weight excluding hydrogens is 719 g/mol. The van der Waals surface area contributed by atoms with E-state index in [9.17, 15) is 19.8 Å². The number of unbranched alkanes of at least 4 members (excludes halogenated alkanes) is 14. The first-order valence-electron chi connectivity index (χ1n) is 22.9. The fraction of sp³-hybridized carbons (Fsp3) is 0.577. The third-order valence-corrected chi connectivity index (χ3v) is 9.51. The van der Waals surface area contributed by atoms with Crippen molar-refractivity contribution >= 4 is 11.9 Å². The van der Waals surface area contributed by atoms with Crippen molar-refractivity contribution in [2.45, 2.75) is 187 Å². The van der Waals surface area contributed by atoms with Crippen LogP contribution in [0.1, 0.15) is 168 Å². The molecule has 3 N–H and O–H groups in total. The van der Waals surface area contributed by atoms with Gasteiger partial charge in [0.1, 0.15) is 6.10 Å². The highest BCUT2D eigenvalue weighted by Crippen LogP contribution is 2.16. The second-order valence-electron chi connectivity index (χ2n) is 15.0. The number of ether oxygens (including phenoxy) is 1. The molecule has 6 heteroatoms. The van der Waals surface area contributed by atoms with Gasteiger partial charge in [-0.05, 0) is 57.8 Å². The Bertz CT molecular complexity index is 1260. The molecule has 0 aliphatic rings. The summed E-state index contributed by atoms with van der Waals surface area (Å²) in [6.07, 6.45) is 61.1. The molecule has 6 nitrogen and oxygen atoms in total. The summed E-state index contributed by atoms with van der Waals surface area (Å²) in [7, 11) is 0. The molecule has 0 heterocycles. The van der Waals surface area contributed by atoms with Gasteiger partial charge in [0.25, 0.3) is 0 Å². The van der Waals surface area contributed by atoms with Gasteiger partial charge in [0.2, 0.25) is 5.91 Å². The zero-order chi connectivity index (χ0) is 42.4. The van der Waals surface area contributed by atoms with Crippen molar-refractivity contribution in [1.29, 1.82) is 0 Å². The fourth-order valence-electron chi connectivity index (χ4n) is 6.08. The largest absolute Gasteiger partial charge is 0.462 e. The quantitative estimate of drug-likeness (QED) is 0.0328. The average molecular weight is 802 g/mol. The van der Waals surface area contributed by atoms with Crippen molar-refractivity contribution in [2.75, 3.05) is 6.61 Å². The van der Waals surface area contributed by atoms with E-state index in [1.54, 1.807) is 0 Å². The van der Waals surface area contributed by atoms with Crippen LogP contribution < -0.4 is 5.32 Å². The Labute approximate surface area is 355 Å². The van der Waals surface area contributed by atoms with Crippen LogP contribution in [0.2, 0.25) is 0 Å². The van der Waals surface area contributed by atoms with Gasteiger partial charge in [0.15, 0.2) is 0 Å². The molecule has 0 aliphatic heterocycles.